The molecule has 94 valence electrons. The summed E-state index contributed by atoms with van der Waals surface area (Å²) in [4.78, 5) is 10.7. The molecule has 2 aromatic heterocycles. The average molecular weight is 259 g/mol. The Kier molecular flexibility index (Phi) is 3.09. The number of nitrogens with zero attached hydrogens (tertiary/aromatic N) is 3. The highest BCUT2D eigenvalue weighted by atomic mass is 19.4. The molecule has 0 saturated carbocycles. The molecule has 0 saturated heterocycles. The van der Waals surface area contributed by atoms with Crippen LogP contribution in [0.3, 0.4) is 0 Å². The van der Waals surface area contributed by atoms with Gasteiger partial charge in [-0.25, -0.2) is 9.97 Å². The van der Waals surface area contributed by atoms with E-state index in [1.54, 1.807) is 0 Å². The second-order valence-corrected chi connectivity index (χ2v) is 3.15. The number of aromatic nitrogens is 3. The van der Waals surface area contributed by atoms with Gasteiger partial charge >= 0.3 is 6.36 Å². The van der Waals surface area contributed by atoms with Gasteiger partial charge in [-0.15, -0.1) is 13.2 Å². The highest BCUT2D eigenvalue weighted by molar-refractivity contribution is 5.53. The van der Waals surface area contributed by atoms with E-state index in [0.29, 0.717) is 0 Å². The highest BCUT2D eigenvalue weighted by Gasteiger charge is 2.31. The summed E-state index contributed by atoms with van der Waals surface area (Å²) in [6, 6.07) is 3.32. The molecular weight excluding hydrogens is 254 g/mol. The van der Waals surface area contributed by atoms with E-state index in [1.807, 2.05) is 0 Å². The first-order valence-corrected chi connectivity index (χ1v) is 4.64. The van der Waals surface area contributed by atoms with Crippen LogP contribution in [0.25, 0.3) is 11.4 Å². The summed E-state index contributed by atoms with van der Waals surface area (Å²) in [5.74, 6) is -1.21. The molecule has 4 nitrogen and oxygen atoms in total. The van der Waals surface area contributed by atoms with Crippen molar-refractivity contribution in [2.24, 2.45) is 0 Å². The van der Waals surface area contributed by atoms with Gasteiger partial charge in [0, 0.05) is 6.07 Å². The predicted molar refractivity (Wildman–Crippen MR) is 51.9 cm³/mol. The lowest BCUT2D eigenvalue weighted by molar-refractivity contribution is -0.274. The van der Waals surface area contributed by atoms with Crippen molar-refractivity contribution in [1.29, 1.82) is 0 Å². The van der Waals surface area contributed by atoms with E-state index in [1.165, 1.54) is 6.07 Å². The molecule has 0 atom stereocenters. The third kappa shape index (κ3) is 3.12. The van der Waals surface area contributed by atoms with E-state index in [9.17, 15) is 17.6 Å². The predicted octanol–water partition coefficient (Wildman–Crippen LogP) is 2.58. The number of rotatable bonds is 2. The van der Waals surface area contributed by atoms with E-state index in [4.69, 9.17) is 0 Å². The molecule has 18 heavy (non-hydrogen) atoms. The summed E-state index contributed by atoms with van der Waals surface area (Å²) in [5, 5.41) is 0. The first-order chi connectivity index (χ1) is 8.44. The van der Waals surface area contributed by atoms with E-state index in [2.05, 4.69) is 19.7 Å². The van der Waals surface area contributed by atoms with Gasteiger partial charge in [0.15, 0.2) is 0 Å². The molecule has 0 aliphatic rings. The molecule has 2 aromatic rings. The van der Waals surface area contributed by atoms with Crippen LogP contribution in [0, 0.1) is 5.95 Å². The monoisotopic (exact) mass is 259 g/mol. The van der Waals surface area contributed by atoms with Gasteiger partial charge in [0.1, 0.15) is 12.1 Å². The maximum atomic E-state index is 12.8. The largest absolute Gasteiger partial charge is 0.573 e. The van der Waals surface area contributed by atoms with Crippen molar-refractivity contribution in [2.75, 3.05) is 0 Å². The third-order valence-corrected chi connectivity index (χ3v) is 1.87. The Morgan fingerprint density at radius 2 is 1.78 bits per heavy atom. The molecule has 0 bridgehead atoms. The van der Waals surface area contributed by atoms with Gasteiger partial charge in [0.25, 0.3) is 0 Å². The van der Waals surface area contributed by atoms with Crippen LogP contribution in [0.1, 0.15) is 0 Å². The Balaban J connectivity index is 2.22. The minimum atomic E-state index is -4.77. The number of halogens is 4. The summed E-state index contributed by atoms with van der Waals surface area (Å²) in [6.45, 7) is 0. The van der Waals surface area contributed by atoms with Gasteiger partial charge in [-0.05, 0) is 12.1 Å². The van der Waals surface area contributed by atoms with Crippen molar-refractivity contribution in [3.05, 3.63) is 36.7 Å². The van der Waals surface area contributed by atoms with Gasteiger partial charge < -0.3 is 4.74 Å². The van der Waals surface area contributed by atoms with E-state index in [0.717, 1.165) is 24.7 Å². The van der Waals surface area contributed by atoms with Crippen LogP contribution < -0.4 is 4.74 Å². The van der Waals surface area contributed by atoms with Crippen LogP contribution in [-0.2, 0) is 0 Å². The molecule has 0 radical (unpaired) electrons. The smallest absolute Gasteiger partial charge is 0.404 e. The van der Waals surface area contributed by atoms with Gasteiger partial charge in [0.05, 0.1) is 17.6 Å². The van der Waals surface area contributed by atoms with Crippen LogP contribution in [-0.4, -0.2) is 21.3 Å². The van der Waals surface area contributed by atoms with Crippen molar-refractivity contribution < 1.29 is 22.3 Å². The Morgan fingerprint density at radius 3 is 2.33 bits per heavy atom. The lowest BCUT2D eigenvalue weighted by atomic mass is 10.2. The van der Waals surface area contributed by atoms with Gasteiger partial charge in [-0.1, -0.05) is 0 Å². The lowest BCUT2D eigenvalue weighted by Gasteiger charge is -2.08. The summed E-state index contributed by atoms with van der Waals surface area (Å²) >= 11 is 0. The number of alkyl halides is 3. The van der Waals surface area contributed by atoms with Crippen LogP contribution in [0.15, 0.2) is 30.7 Å². The maximum absolute atomic E-state index is 12.8. The zero-order valence-corrected chi connectivity index (χ0v) is 8.65. The summed E-state index contributed by atoms with van der Waals surface area (Å²) in [6.07, 6.45) is -2.90. The molecule has 0 fully saturated rings. The normalized spacial score (nSPS) is 11.3. The third-order valence-electron chi connectivity index (χ3n) is 1.87. The second kappa shape index (κ2) is 4.55. The van der Waals surface area contributed by atoms with Crippen LogP contribution in [0.4, 0.5) is 17.6 Å². The fourth-order valence-electron chi connectivity index (χ4n) is 1.20. The Labute approximate surface area is 98.3 Å². The van der Waals surface area contributed by atoms with Crippen molar-refractivity contribution >= 4 is 0 Å². The molecule has 0 unspecified atom stereocenters. The van der Waals surface area contributed by atoms with Crippen molar-refractivity contribution in [3.63, 3.8) is 0 Å². The minimum absolute atomic E-state index is 0.168. The van der Waals surface area contributed by atoms with Crippen molar-refractivity contribution in [2.45, 2.75) is 6.36 Å². The fraction of sp³-hybridized carbons (Fsp3) is 0.100. The topological polar surface area (TPSA) is 47.9 Å². The molecular formula is C10H5F4N3O. The Bertz CT molecular complexity index is 542. The molecule has 8 heteroatoms. The molecule has 0 amide bonds. The maximum Gasteiger partial charge on any atom is 0.573 e. The van der Waals surface area contributed by atoms with Gasteiger partial charge in [-0.3, -0.25) is 4.98 Å². The van der Waals surface area contributed by atoms with Crippen LogP contribution in [0.2, 0.25) is 0 Å². The van der Waals surface area contributed by atoms with E-state index < -0.39 is 18.1 Å². The van der Waals surface area contributed by atoms with Gasteiger partial charge in [-0.2, -0.15) is 4.39 Å². The molecule has 0 aliphatic heterocycles. The standard InChI is InChI=1S/C10H5F4N3O/c11-9-3-8(16-5-17-9)7-2-1-6(4-15-7)18-10(12,13)14/h1-5H. The average Bonchev–Trinajstić information content (AvgIpc) is 2.28. The minimum Gasteiger partial charge on any atom is -0.404 e. The highest BCUT2D eigenvalue weighted by Crippen LogP contribution is 2.23. The number of hydrogen-bond donors (Lipinski definition) is 0. The number of hydrogen-bond acceptors (Lipinski definition) is 4. The first kappa shape index (κ1) is 12.2. The Hall–Kier alpha value is -2.25. The lowest BCUT2D eigenvalue weighted by Crippen LogP contribution is -2.17. The van der Waals surface area contributed by atoms with Crippen molar-refractivity contribution in [3.8, 4) is 17.1 Å². The first-order valence-electron chi connectivity index (χ1n) is 4.64. The molecule has 0 aliphatic carbocycles. The van der Waals surface area contributed by atoms with Crippen LogP contribution in [0.5, 0.6) is 5.75 Å². The number of pyridine rings is 1. The zero-order chi connectivity index (χ0) is 13.2. The number of ether oxygens (including phenoxy) is 1. The van der Waals surface area contributed by atoms with Gasteiger partial charge in [0.2, 0.25) is 5.95 Å². The molecule has 0 N–H and O–H groups in total. The van der Waals surface area contributed by atoms with Crippen molar-refractivity contribution in [1.82, 2.24) is 15.0 Å². The molecule has 0 spiro atoms. The molecule has 2 heterocycles. The molecule has 0 aromatic carbocycles. The molecule has 2 rings (SSSR count). The fourth-order valence-corrected chi connectivity index (χ4v) is 1.20. The summed E-state index contributed by atoms with van der Waals surface area (Å²) < 4.78 is 52.1. The van der Waals surface area contributed by atoms with E-state index in [-0.39, 0.29) is 11.4 Å². The van der Waals surface area contributed by atoms with Crippen LogP contribution >= 0.6 is 0 Å². The SMILES string of the molecule is Fc1cc(-c2ccc(OC(F)(F)F)cn2)ncn1. The zero-order valence-electron chi connectivity index (χ0n) is 8.65. The Morgan fingerprint density at radius 1 is 1.00 bits per heavy atom. The quantitative estimate of drug-likeness (QED) is 0.614. The second-order valence-electron chi connectivity index (χ2n) is 3.15. The summed E-state index contributed by atoms with van der Waals surface area (Å²) in [7, 11) is 0. The van der Waals surface area contributed by atoms with E-state index >= 15 is 0 Å². The summed E-state index contributed by atoms with van der Waals surface area (Å²) in [5.41, 5.74) is 0.381.